The molecule has 4 aromatic rings. The normalized spacial score (nSPS) is 12.4. The summed E-state index contributed by atoms with van der Waals surface area (Å²) < 4.78 is 16.3. The number of hydrogen-bond acceptors (Lipinski definition) is 4. The van der Waals surface area contributed by atoms with E-state index in [-0.39, 0.29) is 5.82 Å². The van der Waals surface area contributed by atoms with Crippen LogP contribution >= 0.6 is 0 Å². The summed E-state index contributed by atoms with van der Waals surface area (Å²) in [6.07, 6.45) is 5.11. The van der Waals surface area contributed by atoms with Crippen molar-refractivity contribution in [3.63, 3.8) is 0 Å². The van der Waals surface area contributed by atoms with Gasteiger partial charge in [-0.3, -0.25) is 0 Å². The minimum absolute atomic E-state index is 0.308. The minimum Gasteiger partial charge on any atom is -0.340 e. The summed E-state index contributed by atoms with van der Waals surface area (Å²) in [5.74, 6) is 1.29. The molecule has 144 valence electrons. The highest BCUT2D eigenvalue weighted by Crippen LogP contribution is 2.36. The predicted octanol–water partition coefficient (Wildman–Crippen LogP) is 4.83. The summed E-state index contributed by atoms with van der Waals surface area (Å²) in [6, 6.07) is 13.2. The van der Waals surface area contributed by atoms with Gasteiger partial charge in [0.2, 0.25) is 0 Å². The van der Waals surface area contributed by atoms with Crippen molar-refractivity contribution in [2.75, 3.05) is 5.32 Å². The topological polar surface area (TPSA) is 55.6 Å². The Morgan fingerprint density at radius 2 is 1.90 bits per heavy atom. The van der Waals surface area contributed by atoms with E-state index in [1.54, 1.807) is 12.5 Å². The fraction of sp³-hybridized carbons (Fsp3) is 0.174. The third kappa shape index (κ3) is 3.06. The third-order valence-electron chi connectivity index (χ3n) is 5.54. The van der Waals surface area contributed by atoms with Crippen molar-refractivity contribution in [1.82, 2.24) is 19.5 Å². The van der Waals surface area contributed by atoms with Crippen molar-refractivity contribution < 1.29 is 4.39 Å². The molecule has 0 fully saturated rings. The van der Waals surface area contributed by atoms with Gasteiger partial charge >= 0.3 is 0 Å². The summed E-state index contributed by atoms with van der Waals surface area (Å²) in [6.45, 7) is 1.92. The first-order valence-corrected chi connectivity index (χ1v) is 9.58. The smallest absolute Gasteiger partial charge is 0.137 e. The first-order valence-electron chi connectivity index (χ1n) is 9.58. The highest BCUT2D eigenvalue weighted by Gasteiger charge is 2.21. The van der Waals surface area contributed by atoms with E-state index in [4.69, 9.17) is 0 Å². The summed E-state index contributed by atoms with van der Waals surface area (Å²) in [7, 11) is 1.92. The average molecular weight is 385 g/mol. The maximum Gasteiger partial charge on any atom is 0.137 e. The van der Waals surface area contributed by atoms with Gasteiger partial charge in [-0.25, -0.2) is 19.3 Å². The summed E-state index contributed by atoms with van der Waals surface area (Å²) >= 11 is 0. The molecule has 29 heavy (non-hydrogen) atoms. The second kappa shape index (κ2) is 6.81. The lowest BCUT2D eigenvalue weighted by Crippen LogP contribution is -2.10. The molecule has 6 heteroatoms. The van der Waals surface area contributed by atoms with Gasteiger partial charge in [-0.1, -0.05) is 24.3 Å². The number of benzene rings is 2. The van der Waals surface area contributed by atoms with Crippen LogP contribution in [-0.2, 0) is 19.9 Å². The van der Waals surface area contributed by atoms with Gasteiger partial charge in [-0.05, 0) is 43.5 Å². The molecule has 1 aliphatic carbocycles. The molecule has 0 aliphatic heterocycles. The molecule has 2 aromatic heterocycles. The Morgan fingerprint density at radius 3 is 2.72 bits per heavy atom. The van der Waals surface area contributed by atoms with Crippen LogP contribution in [-0.4, -0.2) is 19.5 Å². The van der Waals surface area contributed by atoms with E-state index < -0.39 is 0 Å². The molecule has 5 nitrogen and oxygen atoms in total. The van der Waals surface area contributed by atoms with Crippen LogP contribution < -0.4 is 5.32 Å². The Bertz CT molecular complexity index is 1230. The van der Waals surface area contributed by atoms with Gasteiger partial charge in [0.15, 0.2) is 0 Å². The van der Waals surface area contributed by atoms with Gasteiger partial charge in [0.05, 0.1) is 17.6 Å². The molecule has 0 saturated heterocycles. The Morgan fingerprint density at radius 1 is 1.03 bits per heavy atom. The lowest BCUT2D eigenvalue weighted by molar-refractivity contribution is 0.628. The molecule has 0 amide bonds. The number of nitrogens with one attached hydrogen (secondary N) is 1. The minimum atomic E-state index is -0.308. The fourth-order valence-corrected chi connectivity index (χ4v) is 3.93. The first kappa shape index (κ1) is 17.6. The standard InChI is InChI=1S/C23H20FN5/c1-14-25-12-21(29(14)2)16-9-17(24)11-18(10-16)28-23-20-8-7-15-5-3-4-6-19(15)22(20)26-13-27-23/h3-6,9-13H,7-8H2,1-2H3,(H,26,27,28). The van der Waals surface area contributed by atoms with Crippen molar-refractivity contribution in [2.24, 2.45) is 7.05 Å². The van der Waals surface area contributed by atoms with Gasteiger partial charge in [0, 0.05) is 29.4 Å². The first-order chi connectivity index (χ1) is 14.1. The zero-order valence-electron chi connectivity index (χ0n) is 16.3. The number of rotatable bonds is 3. The average Bonchev–Trinajstić information content (AvgIpc) is 3.06. The van der Waals surface area contributed by atoms with E-state index in [1.165, 1.54) is 17.7 Å². The van der Waals surface area contributed by atoms with E-state index in [9.17, 15) is 4.39 Å². The monoisotopic (exact) mass is 385 g/mol. The Labute approximate surface area is 168 Å². The van der Waals surface area contributed by atoms with Crippen LogP contribution in [0.5, 0.6) is 0 Å². The van der Waals surface area contributed by atoms with Crippen molar-refractivity contribution >= 4 is 11.5 Å². The molecule has 0 saturated carbocycles. The van der Waals surface area contributed by atoms with Crippen molar-refractivity contribution in [2.45, 2.75) is 19.8 Å². The van der Waals surface area contributed by atoms with E-state index in [0.29, 0.717) is 5.69 Å². The third-order valence-corrected chi connectivity index (χ3v) is 5.54. The molecule has 5 rings (SSSR count). The molecule has 1 aliphatic rings. The van der Waals surface area contributed by atoms with Crippen LogP contribution in [0.1, 0.15) is 17.0 Å². The predicted molar refractivity (Wildman–Crippen MR) is 111 cm³/mol. The zero-order valence-corrected chi connectivity index (χ0v) is 16.3. The number of fused-ring (bicyclic) bond motifs is 3. The SMILES string of the molecule is Cc1ncc(-c2cc(F)cc(Nc3ncnc4c3CCc3ccccc3-4)c2)n1C. The van der Waals surface area contributed by atoms with E-state index in [0.717, 1.165) is 52.6 Å². The van der Waals surface area contributed by atoms with Crippen LogP contribution in [0.25, 0.3) is 22.5 Å². The number of anilines is 2. The van der Waals surface area contributed by atoms with Crippen LogP contribution in [0.15, 0.2) is 55.0 Å². The van der Waals surface area contributed by atoms with Crippen LogP contribution in [0, 0.1) is 12.7 Å². The van der Waals surface area contributed by atoms with Crippen LogP contribution in [0.4, 0.5) is 15.9 Å². The van der Waals surface area contributed by atoms with Gasteiger partial charge in [0.1, 0.15) is 23.8 Å². The highest BCUT2D eigenvalue weighted by molar-refractivity contribution is 5.76. The maximum atomic E-state index is 14.4. The number of imidazole rings is 1. The number of halogens is 1. The zero-order chi connectivity index (χ0) is 20.0. The van der Waals surface area contributed by atoms with Gasteiger partial charge in [-0.15, -0.1) is 0 Å². The molecule has 0 radical (unpaired) electrons. The number of aromatic nitrogens is 4. The Kier molecular flexibility index (Phi) is 4.12. The summed E-state index contributed by atoms with van der Waals surface area (Å²) in [5.41, 5.74) is 6.73. The Hall–Kier alpha value is -3.54. The molecule has 2 aromatic carbocycles. The lowest BCUT2D eigenvalue weighted by Gasteiger charge is -2.21. The molecule has 0 spiro atoms. The van der Waals surface area contributed by atoms with E-state index in [2.05, 4.69) is 38.5 Å². The number of nitrogens with zero attached hydrogens (tertiary/aromatic N) is 4. The number of aryl methyl sites for hydroxylation is 2. The molecule has 0 unspecified atom stereocenters. The lowest BCUT2D eigenvalue weighted by atomic mass is 9.89. The van der Waals surface area contributed by atoms with Crippen molar-refractivity contribution in [3.8, 4) is 22.5 Å². The van der Waals surface area contributed by atoms with Crippen molar-refractivity contribution in [3.05, 3.63) is 77.8 Å². The van der Waals surface area contributed by atoms with Crippen molar-refractivity contribution in [1.29, 1.82) is 0 Å². The summed E-state index contributed by atoms with van der Waals surface area (Å²) in [5, 5.41) is 3.32. The van der Waals surface area contributed by atoms with Gasteiger partial charge < -0.3 is 9.88 Å². The maximum absolute atomic E-state index is 14.4. The highest BCUT2D eigenvalue weighted by atomic mass is 19.1. The van der Waals surface area contributed by atoms with E-state index in [1.807, 2.05) is 30.7 Å². The van der Waals surface area contributed by atoms with Crippen LogP contribution in [0.2, 0.25) is 0 Å². The molecular formula is C23H20FN5. The largest absolute Gasteiger partial charge is 0.340 e. The molecule has 0 bridgehead atoms. The summed E-state index contributed by atoms with van der Waals surface area (Å²) in [4.78, 5) is 13.3. The second-order valence-electron chi connectivity index (χ2n) is 7.31. The van der Waals surface area contributed by atoms with Gasteiger partial charge in [0.25, 0.3) is 0 Å². The molecular weight excluding hydrogens is 365 g/mol. The van der Waals surface area contributed by atoms with E-state index >= 15 is 0 Å². The Balaban J connectivity index is 1.55. The van der Waals surface area contributed by atoms with Crippen LogP contribution in [0.3, 0.4) is 0 Å². The van der Waals surface area contributed by atoms with Gasteiger partial charge in [-0.2, -0.15) is 0 Å². The number of hydrogen-bond donors (Lipinski definition) is 1. The molecule has 2 heterocycles. The molecule has 1 N–H and O–H groups in total. The quantitative estimate of drug-likeness (QED) is 0.549. The second-order valence-corrected chi connectivity index (χ2v) is 7.31. The molecule has 0 atom stereocenters. The fourth-order valence-electron chi connectivity index (χ4n) is 3.93.